The van der Waals surface area contributed by atoms with Gasteiger partial charge in [0.25, 0.3) is 5.91 Å². The summed E-state index contributed by atoms with van der Waals surface area (Å²) in [6, 6.07) is 13.7. The van der Waals surface area contributed by atoms with E-state index < -0.39 is 5.91 Å². The van der Waals surface area contributed by atoms with E-state index in [9.17, 15) is 4.79 Å². The van der Waals surface area contributed by atoms with E-state index in [1.54, 1.807) is 7.11 Å². The molecular weight excluding hydrogens is 316 g/mol. The number of methoxy groups -OCH3 is 1. The van der Waals surface area contributed by atoms with Crippen molar-refractivity contribution in [3.63, 3.8) is 0 Å². The van der Waals surface area contributed by atoms with E-state index in [-0.39, 0.29) is 11.7 Å². The Labute approximate surface area is 146 Å². The minimum absolute atomic E-state index is 0.124. The topological polar surface area (TPSA) is 90.1 Å². The molecule has 0 unspecified atom stereocenters. The van der Waals surface area contributed by atoms with Crippen molar-refractivity contribution >= 4 is 22.5 Å². The summed E-state index contributed by atoms with van der Waals surface area (Å²) in [4.78, 5) is 11.7. The van der Waals surface area contributed by atoms with E-state index in [0.717, 1.165) is 22.3 Å². The number of fused-ring (bicyclic) bond motifs is 1. The van der Waals surface area contributed by atoms with Crippen LogP contribution >= 0.6 is 0 Å². The van der Waals surface area contributed by atoms with Crippen LogP contribution in [0.2, 0.25) is 0 Å². The minimum Gasteiger partial charge on any atom is -0.496 e. The number of aromatic nitrogens is 2. The summed E-state index contributed by atoms with van der Waals surface area (Å²) in [5, 5.41) is 12.3. The Kier molecular flexibility index (Phi) is 4.52. The van der Waals surface area contributed by atoms with E-state index in [4.69, 9.17) is 10.5 Å². The highest BCUT2D eigenvalue weighted by atomic mass is 16.5. The van der Waals surface area contributed by atoms with Crippen LogP contribution in [0.5, 0.6) is 5.75 Å². The first-order chi connectivity index (χ1) is 12.0. The number of benzene rings is 2. The van der Waals surface area contributed by atoms with Gasteiger partial charge in [-0.15, -0.1) is 10.2 Å². The first-order valence-electron chi connectivity index (χ1n) is 8.01. The molecule has 6 nitrogen and oxygen atoms in total. The number of nitrogens with zero attached hydrogens (tertiary/aromatic N) is 2. The number of primary amides is 1. The number of rotatable bonds is 5. The summed E-state index contributed by atoms with van der Waals surface area (Å²) in [5.74, 6) is 0.176. The van der Waals surface area contributed by atoms with Crippen LogP contribution in [0.3, 0.4) is 0 Å². The van der Waals surface area contributed by atoms with Crippen molar-refractivity contribution in [3.05, 3.63) is 48.2 Å². The van der Waals surface area contributed by atoms with Gasteiger partial charge in [-0.1, -0.05) is 24.3 Å². The summed E-state index contributed by atoms with van der Waals surface area (Å²) in [7, 11) is 1.64. The predicted molar refractivity (Wildman–Crippen MR) is 98.8 cm³/mol. The quantitative estimate of drug-likeness (QED) is 0.746. The summed E-state index contributed by atoms with van der Waals surface area (Å²) in [6.45, 7) is 3.97. The first-order valence-corrected chi connectivity index (χ1v) is 8.01. The Morgan fingerprint density at radius 1 is 1.16 bits per heavy atom. The van der Waals surface area contributed by atoms with Gasteiger partial charge in [0.2, 0.25) is 0 Å². The zero-order valence-corrected chi connectivity index (χ0v) is 14.4. The van der Waals surface area contributed by atoms with Crippen LogP contribution in [0.15, 0.2) is 42.5 Å². The lowest BCUT2D eigenvalue weighted by molar-refractivity contribution is 0.0995. The lowest BCUT2D eigenvalue weighted by Crippen LogP contribution is -2.20. The van der Waals surface area contributed by atoms with Crippen LogP contribution in [-0.2, 0) is 0 Å². The zero-order valence-electron chi connectivity index (χ0n) is 14.4. The standard InChI is InChI=1S/C19H20N4O2/c1-11(2)21-17-14-9-8-12(13-6-4-5-7-16(13)25-3)10-15(14)22-23-18(17)19(20)24/h4-11H,1-3H3,(H2,20,24)(H,21,22). The molecule has 1 amide bonds. The maximum atomic E-state index is 11.7. The van der Waals surface area contributed by atoms with E-state index >= 15 is 0 Å². The molecule has 1 heterocycles. The summed E-state index contributed by atoms with van der Waals surface area (Å²) in [5.41, 5.74) is 8.80. The second kappa shape index (κ2) is 6.76. The third kappa shape index (κ3) is 3.24. The van der Waals surface area contributed by atoms with Crippen molar-refractivity contribution in [2.24, 2.45) is 5.73 Å². The highest BCUT2D eigenvalue weighted by Gasteiger charge is 2.17. The van der Waals surface area contributed by atoms with Gasteiger partial charge in [0.1, 0.15) is 5.75 Å². The van der Waals surface area contributed by atoms with Crippen LogP contribution < -0.4 is 15.8 Å². The van der Waals surface area contributed by atoms with Gasteiger partial charge in [-0.2, -0.15) is 0 Å². The molecule has 0 radical (unpaired) electrons. The number of hydrogen-bond donors (Lipinski definition) is 2. The number of anilines is 1. The zero-order chi connectivity index (χ0) is 18.0. The second-order valence-electron chi connectivity index (χ2n) is 6.02. The second-order valence-corrected chi connectivity index (χ2v) is 6.02. The maximum absolute atomic E-state index is 11.7. The van der Waals surface area contributed by atoms with Gasteiger partial charge in [-0.25, -0.2) is 0 Å². The van der Waals surface area contributed by atoms with Gasteiger partial charge < -0.3 is 15.8 Å². The fourth-order valence-corrected chi connectivity index (χ4v) is 2.77. The van der Waals surface area contributed by atoms with Crippen LogP contribution in [0, 0.1) is 0 Å². The molecule has 0 atom stereocenters. The summed E-state index contributed by atoms with van der Waals surface area (Å²) >= 11 is 0. The molecule has 1 aromatic heterocycles. The smallest absolute Gasteiger partial charge is 0.271 e. The Balaban J connectivity index is 2.19. The fourth-order valence-electron chi connectivity index (χ4n) is 2.77. The van der Waals surface area contributed by atoms with Crippen LogP contribution in [0.25, 0.3) is 22.0 Å². The van der Waals surface area contributed by atoms with Gasteiger partial charge in [-0.3, -0.25) is 4.79 Å². The molecule has 0 aliphatic heterocycles. The molecular formula is C19H20N4O2. The van der Waals surface area contributed by atoms with Gasteiger partial charge >= 0.3 is 0 Å². The Morgan fingerprint density at radius 2 is 1.92 bits per heavy atom. The average Bonchev–Trinajstić information content (AvgIpc) is 2.60. The first kappa shape index (κ1) is 16.7. The average molecular weight is 336 g/mol. The number of nitrogens with one attached hydrogen (secondary N) is 1. The molecule has 0 spiro atoms. The van der Waals surface area contributed by atoms with E-state index in [0.29, 0.717) is 11.2 Å². The summed E-state index contributed by atoms with van der Waals surface area (Å²) < 4.78 is 5.43. The number of carbonyl (C=O) groups is 1. The van der Waals surface area contributed by atoms with Crippen LogP contribution in [-0.4, -0.2) is 29.3 Å². The number of amides is 1. The molecule has 3 rings (SSSR count). The van der Waals surface area contributed by atoms with Crippen molar-refractivity contribution in [1.82, 2.24) is 10.2 Å². The normalized spacial score (nSPS) is 10.9. The lowest BCUT2D eigenvalue weighted by Gasteiger charge is -2.15. The van der Waals surface area contributed by atoms with E-state index in [1.165, 1.54) is 0 Å². The molecule has 6 heteroatoms. The van der Waals surface area contributed by atoms with Crippen molar-refractivity contribution < 1.29 is 9.53 Å². The minimum atomic E-state index is -0.605. The van der Waals surface area contributed by atoms with Crippen molar-refractivity contribution in [1.29, 1.82) is 0 Å². The molecule has 0 saturated heterocycles. The van der Waals surface area contributed by atoms with Crippen molar-refractivity contribution in [3.8, 4) is 16.9 Å². The molecule has 0 aliphatic rings. The highest BCUT2D eigenvalue weighted by Crippen LogP contribution is 2.33. The molecule has 0 bridgehead atoms. The van der Waals surface area contributed by atoms with Gasteiger partial charge in [0, 0.05) is 17.0 Å². The predicted octanol–water partition coefficient (Wildman–Crippen LogP) is 3.22. The van der Waals surface area contributed by atoms with Gasteiger partial charge in [0.15, 0.2) is 5.69 Å². The molecule has 3 aromatic rings. The van der Waals surface area contributed by atoms with E-state index in [2.05, 4.69) is 15.5 Å². The monoisotopic (exact) mass is 336 g/mol. The molecule has 0 saturated carbocycles. The Morgan fingerprint density at radius 3 is 2.60 bits per heavy atom. The largest absolute Gasteiger partial charge is 0.496 e. The third-order valence-corrected chi connectivity index (χ3v) is 3.85. The number of carbonyl (C=O) groups excluding carboxylic acids is 1. The van der Waals surface area contributed by atoms with Crippen LogP contribution in [0.4, 0.5) is 5.69 Å². The number of hydrogen-bond acceptors (Lipinski definition) is 5. The molecule has 25 heavy (non-hydrogen) atoms. The number of ether oxygens (including phenoxy) is 1. The SMILES string of the molecule is COc1ccccc1-c1ccc2c(NC(C)C)c(C(N)=O)nnc2c1. The van der Waals surface area contributed by atoms with Crippen molar-refractivity contribution in [2.75, 3.05) is 12.4 Å². The Bertz CT molecular complexity index is 938. The molecule has 0 fully saturated rings. The third-order valence-electron chi connectivity index (χ3n) is 3.85. The Hall–Kier alpha value is -3.15. The molecule has 0 aliphatic carbocycles. The molecule has 2 aromatic carbocycles. The maximum Gasteiger partial charge on any atom is 0.271 e. The fraction of sp³-hybridized carbons (Fsp3) is 0.211. The van der Waals surface area contributed by atoms with Gasteiger partial charge in [0.05, 0.1) is 18.3 Å². The lowest BCUT2D eigenvalue weighted by atomic mass is 10.0. The van der Waals surface area contributed by atoms with Crippen LogP contribution in [0.1, 0.15) is 24.3 Å². The molecule has 3 N–H and O–H groups in total. The van der Waals surface area contributed by atoms with Gasteiger partial charge in [-0.05, 0) is 37.6 Å². The van der Waals surface area contributed by atoms with E-state index in [1.807, 2.05) is 56.3 Å². The summed E-state index contributed by atoms with van der Waals surface area (Å²) in [6.07, 6.45) is 0. The van der Waals surface area contributed by atoms with Crippen molar-refractivity contribution in [2.45, 2.75) is 19.9 Å². The number of nitrogens with two attached hydrogens (primary N) is 1. The highest BCUT2D eigenvalue weighted by molar-refractivity contribution is 6.05. The number of para-hydroxylation sites is 1. The molecule has 128 valence electrons.